The van der Waals surface area contributed by atoms with Crippen molar-refractivity contribution >= 4 is 22.6 Å². The zero-order chi connectivity index (χ0) is 9.68. The summed E-state index contributed by atoms with van der Waals surface area (Å²) in [6.45, 7) is 4.43. The van der Waals surface area contributed by atoms with Crippen LogP contribution in [0.25, 0.3) is 0 Å². The van der Waals surface area contributed by atoms with E-state index >= 15 is 0 Å². The number of ether oxygens (including phenoxy) is 1. The Morgan fingerprint density at radius 2 is 2.08 bits per heavy atom. The molecule has 1 saturated carbocycles. The van der Waals surface area contributed by atoms with Gasteiger partial charge in [-0.2, -0.15) is 0 Å². The molecule has 0 saturated heterocycles. The first-order valence-electron chi connectivity index (χ1n) is 5.53. The maximum absolute atomic E-state index is 6.04. The number of alkyl halides is 1. The van der Waals surface area contributed by atoms with Crippen LogP contribution in [0, 0.1) is 0 Å². The fourth-order valence-corrected chi connectivity index (χ4v) is 2.95. The Labute approximate surface area is 95.8 Å². The van der Waals surface area contributed by atoms with Crippen LogP contribution in [0.4, 0.5) is 0 Å². The zero-order valence-electron chi connectivity index (χ0n) is 8.76. The third-order valence-corrected chi connectivity index (χ3v) is 4.15. The second kappa shape index (κ2) is 6.23. The molecule has 0 bridgehead atoms. The number of halogens is 1. The van der Waals surface area contributed by atoms with Crippen molar-refractivity contribution in [1.29, 1.82) is 0 Å². The third kappa shape index (κ3) is 4.15. The SMILES string of the molecule is CCCC(C)OC1CCCCC1I. The summed E-state index contributed by atoms with van der Waals surface area (Å²) in [6, 6.07) is 0. The zero-order valence-corrected chi connectivity index (χ0v) is 10.9. The molecule has 0 heterocycles. The van der Waals surface area contributed by atoms with E-state index in [0.717, 1.165) is 3.92 Å². The third-order valence-electron chi connectivity index (χ3n) is 2.72. The monoisotopic (exact) mass is 296 g/mol. The molecule has 2 heteroatoms. The maximum atomic E-state index is 6.04. The lowest BCUT2D eigenvalue weighted by Gasteiger charge is -2.30. The number of hydrogen-bond donors (Lipinski definition) is 0. The van der Waals surface area contributed by atoms with Crippen molar-refractivity contribution in [3.63, 3.8) is 0 Å². The summed E-state index contributed by atoms with van der Waals surface area (Å²) in [7, 11) is 0. The maximum Gasteiger partial charge on any atom is 0.0696 e. The van der Waals surface area contributed by atoms with Crippen LogP contribution in [0.3, 0.4) is 0 Å². The van der Waals surface area contributed by atoms with Crippen LogP contribution in [0.5, 0.6) is 0 Å². The van der Waals surface area contributed by atoms with E-state index in [1.165, 1.54) is 38.5 Å². The van der Waals surface area contributed by atoms with Gasteiger partial charge in [-0.25, -0.2) is 0 Å². The van der Waals surface area contributed by atoms with Crippen LogP contribution in [0.1, 0.15) is 52.4 Å². The minimum Gasteiger partial charge on any atom is -0.374 e. The Kier molecular flexibility index (Phi) is 5.63. The summed E-state index contributed by atoms with van der Waals surface area (Å²) in [6.07, 6.45) is 8.84. The van der Waals surface area contributed by atoms with Gasteiger partial charge in [0.1, 0.15) is 0 Å². The quantitative estimate of drug-likeness (QED) is 0.564. The normalized spacial score (nSPS) is 31.6. The van der Waals surface area contributed by atoms with Crippen LogP contribution in [0.2, 0.25) is 0 Å². The summed E-state index contributed by atoms with van der Waals surface area (Å²) in [5.74, 6) is 0. The highest BCUT2D eigenvalue weighted by Gasteiger charge is 2.24. The molecule has 0 aromatic carbocycles. The number of hydrogen-bond acceptors (Lipinski definition) is 1. The van der Waals surface area contributed by atoms with Gasteiger partial charge in [0.2, 0.25) is 0 Å². The van der Waals surface area contributed by atoms with Crippen molar-refractivity contribution in [3.05, 3.63) is 0 Å². The summed E-state index contributed by atoms with van der Waals surface area (Å²) in [4.78, 5) is 0. The molecule has 0 aromatic rings. The largest absolute Gasteiger partial charge is 0.374 e. The molecule has 78 valence electrons. The summed E-state index contributed by atoms with van der Waals surface area (Å²) in [5, 5.41) is 0. The number of rotatable bonds is 4. The van der Waals surface area contributed by atoms with E-state index in [2.05, 4.69) is 36.4 Å². The molecule has 1 rings (SSSR count). The van der Waals surface area contributed by atoms with E-state index in [1.54, 1.807) is 0 Å². The van der Waals surface area contributed by atoms with Gasteiger partial charge in [-0.05, 0) is 26.2 Å². The van der Waals surface area contributed by atoms with Gasteiger partial charge in [0.25, 0.3) is 0 Å². The highest BCUT2D eigenvalue weighted by Crippen LogP contribution is 2.28. The van der Waals surface area contributed by atoms with Gasteiger partial charge in [-0.15, -0.1) is 0 Å². The fourth-order valence-electron chi connectivity index (χ4n) is 1.98. The molecular weight excluding hydrogens is 275 g/mol. The van der Waals surface area contributed by atoms with E-state index in [4.69, 9.17) is 4.74 Å². The Morgan fingerprint density at radius 1 is 1.38 bits per heavy atom. The van der Waals surface area contributed by atoms with Gasteiger partial charge in [-0.3, -0.25) is 0 Å². The Morgan fingerprint density at radius 3 is 2.69 bits per heavy atom. The van der Waals surface area contributed by atoms with Crippen LogP contribution in [-0.2, 0) is 4.74 Å². The van der Waals surface area contributed by atoms with Crippen molar-refractivity contribution in [2.24, 2.45) is 0 Å². The first kappa shape index (κ1) is 11.8. The molecule has 13 heavy (non-hydrogen) atoms. The molecule has 1 aliphatic carbocycles. The average Bonchev–Trinajstić information content (AvgIpc) is 2.09. The second-order valence-corrected chi connectivity index (χ2v) is 5.67. The topological polar surface area (TPSA) is 9.23 Å². The van der Waals surface area contributed by atoms with Gasteiger partial charge in [-0.1, -0.05) is 48.8 Å². The Bertz CT molecular complexity index is 138. The van der Waals surface area contributed by atoms with Gasteiger partial charge >= 0.3 is 0 Å². The molecule has 1 nitrogen and oxygen atoms in total. The molecule has 0 N–H and O–H groups in total. The molecule has 0 radical (unpaired) electrons. The molecule has 3 unspecified atom stereocenters. The Hall–Kier alpha value is 0.690. The predicted molar refractivity (Wildman–Crippen MR) is 65.5 cm³/mol. The first-order chi connectivity index (χ1) is 6.24. The van der Waals surface area contributed by atoms with Gasteiger partial charge in [0, 0.05) is 3.92 Å². The second-order valence-electron chi connectivity index (χ2n) is 4.07. The van der Waals surface area contributed by atoms with Gasteiger partial charge in [0.05, 0.1) is 12.2 Å². The summed E-state index contributed by atoms with van der Waals surface area (Å²) < 4.78 is 6.79. The highest BCUT2D eigenvalue weighted by atomic mass is 127. The van der Waals surface area contributed by atoms with E-state index in [-0.39, 0.29) is 0 Å². The van der Waals surface area contributed by atoms with Crippen molar-refractivity contribution in [1.82, 2.24) is 0 Å². The van der Waals surface area contributed by atoms with Crippen molar-refractivity contribution in [3.8, 4) is 0 Å². The van der Waals surface area contributed by atoms with E-state index in [9.17, 15) is 0 Å². The summed E-state index contributed by atoms with van der Waals surface area (Å²) >= 11 is 2.56. The molecular formula is C11H21IO. The molecule has 0 amide bonds. The highest BCUT2D eigenvalue weighted by molar-refractivity contribution is 14.1. The first-order valence-corrected chi connectivity index (χ1v) is 6.78. The standard InChI is InChI=1S/C11H21IO/c1-3-6-9(2)13-11-8-5-4-7-10(11)12/h9-11H,3-8H2,1-2H3. The lowest BCUT2D eigenvalue weighted by Crippen LogP contribution is -2.31. The lowest BCUT2D eigenvalue weighted by molar-refractivity contribution is -0.0180. The summed E-state index contributed by atoms with van der Waals surface area (Å²) in [5.41, 5.74) is 0. The molecule has 0 spiro atoms. The fraction of sp³-hybridized carbons (Fsp3) is 1.00. The average molecular weight is 296 g/mol. The van der Waals surface area contributed by atoms with Crippen molar-refractivity contribution < 1.29 is 4.74 Å². The van der Waals surface area contributed by atoms with E-state index in [0.29, 0.717) is 12.2 Å². The van der Waals surface area contributed by atoms with Crippen LogP contribution in [-0.4, -0.2) is 16.1 Å². The molecule has 1 fully saturated rings. The van der Waals surface area contributed by atoms with Crippen molar-refractivity contribution in [2.45, 2.75) is 68.5 Å². The lowest BCUT2D eigenvalue weighted by atomic mass is 9.97. The Balaban J connectivity index is 2.25. The van der Waals surface area contributed by atoms with Crippen LogP contribution >= 0.6 is 22.6 Å². The van der Waals surface area contributed by atoms with Crippen molar-refractivity contribution in [2.75, 3.05) is 0 Å². The minimum absolute atomic E-state index is 0.463. The molecule has 0 aliphatic heterocycles. The predicted octanol–water partition coefficient (Wildman–Crippen LogP) is 3.94. The van der Waals surface area contributed by atoms with E-state index in [1.807, 2.05) is 0 Å². The van der Waals surface area contributed by atoms with E-state index < -0.39 is 0 Å². The smallest absolute Gasteiger partial charge is 0.0696 e. The molecule has 3 atom stereocenters. The van der Waals surface area contributed by atoms with Crippen LogP contribution < -0.4 is 0 Å². The van der Waals surface area contributed by atoms with Gasteiger partial charge < -0.3 is 4.74 Å². The van der Waals surface area contributed by atoms with Crippen LogP contribution in [0.15, 0.2) is 0 Å². The van der Waals surface area contributed by atoms with Gasteiger partial charge in [0.15, 0.2) is 0 Å². The molecule has 1 aliphatic rings. The molecule has 0 aromatic heterocycles. The minimum atomic E-state index is 0.463.